The standard InChI is InChI=1S/C11H19N5O/c1-3-11(4-5-12-7-11)10(17)13-6-9-15-14-8-16(9)2/h8,12H,3-7H2,1-2H3,(H,13,17). The Morgan fingerprint density at radius 2 is 2.53 bits per heavy atom. The van der Waals surface area contributed by atoms with E-state index in [1.54, 1.807) is 6.33 Å². The molecule has 0 radical (unpaired) electrons. The minimum absolute atomic E-state index is 0.119. The number of rotatable bonds is 4. The van der Waals surface area contributed by atoms with E-state index in [0.29, 0.717) is 6.54 Å². The molecular formula is C11H19N5O. The number of nitrogens with one attached hydrogen (secondary N) is 2. The molecule has 1 amide bonds. The van der Waals surface area contributed by atoms with Crippen LogP contribution in [0.5, 0.6) is 0 Å². The van der Waals surface area contributed by atoms with Gasteiger partial charge in [0.05, 0.1) is 12.0 Å². The van der Waals surface area contributed by atoms with Gasteiger partial charge in [0.2, 0.25) is 5.91 Å². The first-order valence-electron chi connectivity index (χ1n) is 6.00. The Hall–Kier alpha value is -1.43. The van der Waals surface area contributed by atoms with Crippen molar-refractivity contribution in [3.8, 4) is 0 Å². The predicted molar refractivity (Wildman–Crippen MR) is 63.1 cm³/mol. The summed E-state index contributed by atoms with van der Waals surface area (Å²) < 4.78 is 1.81. The first kappa shape index (κ1) is 12.0. The molecule has 1 aliphatic heterocycles. The Kier molecular flexibility index (Phi) is 3.42. The van der Waals surface area contributed by atoms with Gasteiger partial charge < -0.3 is 15.2 Å². The van der Waals surface area contributed by atoms with E-state index in [-0.39, 0.29) is 11.3 Å². The Balaban J connectivity index is 1.95. The van der Waals surface area contributed by atoms with Crippen molar-refractivity contribution in [2.24, 2.45) is 12.5 Å². The van der Waals surface area contributed by atoms with Crippen molar-refractivity contribution in [3.63, 3.8) is 0 Å². The van der Waals surface area contributed by atoms with Gasteiger partial charge in [-0.15, -0.1) is 10.2 Å². The Labute approximate surface area is 101 Å². The zero-order valence-electron chi connectivity index (χ0n) is 10.4. The molecule has 1 unspecified atom stereocenters. The van der Waals surface area contributed by atoms with Crippen LogP contribution in [0.25, 0.3) is 0 Å². The maximum atomic E-state index is 12.2. The van der Waals surface area contributed by atoms with Gasteiger partial charge in [0.25, 0.3) is 0 Å². The molecule has 0 bridgehead atoms. The van der Waals surface area contributed by atoms with Gasteiger partial charge in [-0.05, 0) is 19.4 Å². The molecule has 1 aromatic heterocycles. The molecule has 0 aliphatic carbocycles. The fourth-order valence-electron chi connectivity index (χ4n) is 2.21. The lowest BCUT2D eigenvalue weighted by atomic mass is 9.83. The van der Waals surface area contributed by atoms with Crippen LogP contribution >= 0.6 is 0 Å². The molecule has 1 atom stereocenters. The smallest absolute Gasteiger partial charge is 0.227 e. The summed E-state index contributed by atoms with van der Waals surface area (Å²) in [4.78, 5) is 12.2. The Bertz CT molecular complexity index is 394. The maximum Gasteiger partial charge on any atom is 0.227 e. The number of carbonyl (C=O) groups is 1. The molecule has 17 heavy (non-hydrogen) atoms. The van der Waals surface area contributed by atoms with Crippen LogP contribution in [-0.4, -0.2) is 33.8 Å². The summed E-state index contributed by atoms with van der Waals surface area (Å²) in [5, 5.41) is 13.9. The van der Waals surface area contributed by atoms with E-state index >= 15 is 0 Å². The summed E-state index contributed by atoms with van der Waals surface area (Å²) in [6.07, 6.45) is 3.41. The molecule has 94 valence electrons. The van der Waals surface area contributed by atoms with E-state index in [2.05, 4.69) is 27.8 Å². The minimum atomic E-state index is -0.238. The molecule has 2 N–H and O–H groups in total. The van der Waals surface area contributed by atoms with Crippen molar-refractivity contribution in [3.05, 3.63) is 12.2 Å². The summed E-state index contributed by atoms with van der Waals surface area (Å²) >= 11 is 0. The molecular weight excluding hydrogens is 218 g/mol. The normalized spacial score (nSPS) is 23.9. The van der Waals surface area contributed by atoms with Crippen molar-refractivity contribution >= 4 is 5.91 Å². The molecule has 0 aromatic carbocycles. The zero-order valence-corrected chi connectivity index (χ0v) is 10.4. The fraction of sp³-hybridized carbons (Fsp3) is 0.727. The highest BCUT2D eigenvalue weighted by Crippen LogP contribution is 2.29. The van der Waals surface area contributed by atoms with Gasteiger partial charge in [0.1, 0.15) is 6.33 Å². The summed E-state index contributed by atoms with van der Waals surface area (Å²) in [7, 11) is 1.87. The average molecular weight is 237 g/mol. The molecule has 2 heterocycles. The van der Waals surface area contributed by atoms with Crippen LogP contribution in [0.3, 0.4) is 0 Å². The molecule has 6 nitrogen and oxygen atoms in total. The quantitative estimate of drug-likeness (QED) is 0.762. The van der Waals surface area contributed by atoms with Crippen LogP contribution in [0.4, 0.5) is 0 Å². The molecule has 0 spiro atoms. The highest BCUT2D eigenvalue weighted by molar-refractivity contribution is 5.83. The lowest BCUT2D eigenvalue weighted by molar-refractivity contribution is -0.130. The average Bonchev–Trinajstić information content (AvgIpc) is 2.95. The Morgan fingerprint density at radius 1 is 1.71 bits per heavy atom. The lowest BCUT2D eigenvalue weighted by Crippen LogP contribution is -2.42. The predicted octanol–water partition coefficient (Wildman–Crippen LogP) is -0.179. The topological polar surface area (TPSA) is 71.8 Å². The number of aromatic nitrogens is 3. The van der Waals surface area contributed by atoms with Gasteiger partial charge in [-0.1, -0.05) is 6.92 Å². The van der Waals surface area contributed by atoms with Crippen LogP contribution in [0.15, 0.2) is 6.33 Å². The van der Waals surface area contributed by atoms with Crippen LogP contribution in [0.1, 0.15) is 25.6 Å². The number of aryl methyl sites for hydroxylation is 1. The summed E-state index contributed by atoms with van der Waals surface area (Å²) in [5.74, 6) is 0.892. The number of hydrogen-bond acceptors (Lipinski definition) is 4. The number of hydrogen-bond donors (Lipinski definition) is 2. The SMILES string of the molecule is CCC1(C(=O)NCc2nncn2C)CCNC1. The van der Waals surface area contributed by atoms with Crippen LogP contribution < -0.4 is 10.6 Å². The third kappa shape index (κ3) is 2.31. The second-order valence-electron chi connectivity index (χ2n) is 4.60. The third-order valence-corrected chi connectivity index (χ3v) is 3.61. The van der Waals surface area contributed by atoms with Gasteiger partial charge in [0, 0.05) is 13.6 Å². The molecule has 1 aliphatic rings. The van der Waals surface area contributed by atoms with E-state index in [4.69, 9.17) is 0 Å². The largest absolute Gasteiger partial charge is 0.348 e. The van der Waals surface area contributed by atoms with E-state index in [1.807, 2.05) is 11.6 Å². The molecule has 6 heteroatoms. The van der Waals surface area contributed by atoms with Gasteiger partial charge in [-0.2, -0.15) is 0 Å². The third-order valence-electron chi connectivity index (χ3n) is 3.61. The van der Waals surface area contributed by atoms with E-state index in [1.165, 1.54) is 0 Å². The van der Waals surface area contributed by atoms with Crippen molar-refractivity contribution < 1.29 is 4.79 Å². The fourth-order valence-corrected chi connectivity index (χ4v) is 2.21. The van der Waals surface area contributed by atoms with Crippen molar-refractivity contribution in [2.45, 2.75) is 26.3 Å². The van der Waals surface area contributed by atoms with E-state index in [9.17, 15) is 4.79 Å². The van der Waals surface area contributed by atoms with Crippen molar-refractivity contribution in [1.82, 2.24) is 25.4 Å². The molecule has 0 saturated carbocycles. The number of nitrogens with zero attached hydrogens (tertiary/aromatic N) is 3. The highest BCUT2D eigenvalue weighted by atomic mass is 16.2. The molecule has 1 saturated heterocycles. The van der Waals surface area contributed by atoms with Crippen LogP contribution in [0, 0.1) is 5.41 Å². The van der Waals surface area contributed by atoms with Crippen molar-refractivity contribution in [1.29, 1.82) is 0 Å². The van der Waals surface area contributed by atoms with E-state index in [0.717, 1.165) is 31.8 Å². The summed E-state index contributed by atoms with van der Waals surface area (Å²) in [6.45, 7) is 4.20. The first-order chi connectivity index (χ1) is 8.18. The number of carbonyl (C=O) groups excluding carboxylic acids is 1. The highest BCUT2D eigenvalue weighted by Gasteiger charge is 2.39. The van der Waals surface area contributed by atoms with Gasteiger partial charge >= 0.3 is 0 Å². The van der Waals surface area contributed by atoms with Crippen LogP contribution in [-0.2, 0) is 18.4 Å². The number of amides is 1. The second kappa shape index (κ2) is 4.83. The maximum absolute atomic E-state index is 12.2. The second-order valence-corrected chi connectivity index (χ2v) is 4.60. The zero-order chi connectivity index (χ0) is 12.3. The first-order valence-corrected chi connectivity index (χ1v) is 6.00. The van der Waals surface area contributed by atoms with Gasteiger partial charge in [-0.25, -0.2) is 0 Å². The van der Waals surface area contributed by atoms with E-state index < -0.39 is 0 Å². The van der Waals surface area contributed by atoms with Gasteiger partial charge in [-0.3, -0.25) is 4.79 Å². The summed E-state index contributed by atoms with van der Waals surface area (Å²) in [5.41, 5.74) is -0.238. The Morgan fingerprint density at radius 3 is 3.06 bits per heavy atom. The van der Waals surface area contributed by atoms with Gasteiger partial charge in [0.15, 0.2) is 5.82 Å². The minimum Gasteiger partial charge on any atom is -0.348 e. The molecule has 1 aromatic rings. The van der Waals surface area contributed by atoms with Crippen molar-refractivity contribution in [2.75, 3.05) is 13.1 Å². The summed E-state index contributed by atoms with van der Waals surface area (Å²) in [6, 6.07) is 0. The monoisotopic (exact) mass is 237 g/mol. The molecule has 2 rings (SSSR count). The lowest BCUT2D eigenvalue weighted by Gasteiger charge is -2.24. The van der Waals surface area contributed by atoms with Crippen LogP contribution in [0.2, 0.25) is 0 Å². The molecule has 1 fully saturated rings.